The molecule has 0 heterocycles. The maximum Gasteiger partial charge on any atom is 0.334 e. The molecule has 0 N–H and O–H groups in total. The number of ether oxygens (including phenoxy) is 1. The minimum Gasteiger partial charge on any atom is -0.457 e. The highest BCUT2D eigenvalue weighted by Gasteiger charge is 2.61. The summed E-state index contributed by atoms with van der Waals surface area (Å²) in [7, 11) is -9.75. The zero-order valence-electron chi connectivity index (χ0n) is 9.79. The lowest BCUT2D eigenvalue weighted by Gasteiger charge is -2.37. The summed E-state index contributed by atoms with van der Waals surface area (Å²) in [6.07, 6.45) is 0. The third kappa shape index (κ3) is 6.80. The summed E-state index contributed by atoms with van der Waals surface area (Å²) in [5.74, 6) is -1.43. The van der Waals surface area contributed by atoms with Crippen molar-refractivity contribution in [1.29, 1.82) is 0 Å². The van der Waals surface area contributed by atoms with Crippen LogP contribution in [-0.2, 0) is 16.1 Å². The van der Waals surface area contributed by atoms with Crippen LogP contribution in [0.3, 0.4) is 0 Å². The van der Waals surface area contributed by atoms with Crippen molar-refractivity contribution in [3.05, 3.63) is 46.9 Å². The van der Waals surface area contributed by atoms with E-state index in [1.165, 1.54) is 0 Å². The molecule has 0 bridgehead atoms. The van der Waals surface area contributed by atoms with Crippen LogP contribution in [0.1, 0.15) is 12.5 Å². The Labute approximate surface area is 106 Å². The molecule has 108 valence electrons. The van der Waals surface area contributed by atoms with Gasteiger partial charge in [0.25, 0.3) is 0 Å². The predicted octanol–water partition coefficient (Wildman–Crippen LogP) is 4.93. The Hall–Kier alpha value is -1.57. The van der Waals surface area contributed by atoms with Gasteiger partial charge in [-0.15, -0.1) is 0 Å². The standard InChI is InChI=1S/C11H11F5O2S/c1-9(8-19(12,13,14,15)16)11(17)18-7-10-5-3-2-4-6-10/h2-6,8H,7H2,1H3/b9-8+. The smallest absolute Gasteiger partial charge is 0.334 e. The Morgan fingerprint density at radius 2 is 1.68 bits per heavy atom. The Morgan fingerprint density at radius 1 is 1.16 bits per heavy atom. The van der Waals surface area contributed by atoms with Crippen molar-refractivity contribution < 1.29 is 29.0 Å². The van der Waals surface area contributed by atoms with Crippen molar-refractivity contribution in [2.45, 2.75) is 13.5 Å². The number of carbonyl (C=O) groups is 1. The summed E-state index contributed by atoms with van der Waals surface area (Å²) >= 11 is 0. The fourth-order valence-corrected chi connectivity index (χ4v) is 1.98. The van der Waals surface area contributed by atoms with Crippen LogP contribution in [0.5, 0.6) is 0 Å². The number of carbonyl (C=O) groups excluding carboxylic acids is 1. The number of halogens is 5. The molecule has 2 nitrogen and oxygen atoms in total. The second-order valence-corrected chi connectivity index (χ2v) is 6.18. The topological polar surface area (TPSA) is 26.3 Å². The zero-order chi connectivity index (χ0) is 14.8. The van der Waals surface area contributed by atoms with Gasteiger partial charge >= 0.3 is 16.2 Å². The lowest BCUT2D eigenvalue weighted by Crippen LogP contribution is -2.09. The maximum absolute atomic E-state index is 12.1. The molecule has 0 saturated carbocycles. The number of benzene rings is 1. The Balaban J connectivity index is 2.73. The summed E-state index contributed by atoms with van der Waals surface area (Å²) in [6, 6.07) is 8.14. The monoisotopic (exact) mass is 302 g/mol. The quantitative estimate of drug-likeness (QED) is 0.448. The average Bonchev–Trinajstić information content (AvgIpc) is 2.23. The van der Waals surface area contributed by atoms with E-state index in [-0.39, 0.29) is 6.61 Å². The number of rotatable bonds is 4. The molecule has 1 rings (SSSR count). The molecule has 0 aromatic heterocycles. The van der Waals surface area contributed by atoms with Gasteiger partial charge < -0.3 is 4.74 Å². The second kappa shape index (κ2) is 4.22. The van der Waals surface area contributed by atoms with Gasteiger partial charge in [0.15, 0.2) is 0 Å². The summed E-state index contributed by atoms with van der Waals surface area (Å²) < 4.78 is 65.0. The van der Waals surface area contributed by atoms with Crippen LogP contribution < -0.4 is 0 Å². The minimum absolute atomic E-state index is 0.287. The molecule has 0 spiro atoms. The van der Waals surface area contributed by atoms with E-state index in [1.54, 1.807) is 30.3 Å². The van der Waals surface area contributed by atoms with Gasteiger partial charge in [-0.2, -0.15) is 0 Å². The van der Waals surface area contributed by atoms with Crippen molar-refractivity contribution >= 4 is 16.2 Å². The van der Waals surface area contributed by atoms with Gasteiger partial charge in [-0.3, -0.25) is 0 Å². The van der Waals surface area contributed by atoms with E-state index in [2.05, 4.69) is 4.74 Å². The first kappa shape index (κ1) is 15.5. The van der Waals surface area contributed by atoms with Crippen molar-refractivity contribution in [2.24, 2.45) is 0 Å². The van der Waals surface area contributed by atoms with Gasteiger partial charge in [-0.1, -0.05) is 49.8 Å². The molecule has 0 amide bonds. The summed E-state index contributed by atoms with van der Waals surface area (Å²) in [4.78, 5) is 11.2. The van der Waals surface area contributed by atoms with Crippen LogP contribution in [0.4, 0.5) is 19.4 Å². The van der Waals surface area contributed by atoms with E-state index < -0.39 is 27.2 Å². The molecule has 0 aliphatic carbocycles. The minimum atomic E-state index is -9.75. The largest absolute Gasteiger partial charge is 0.457 e. The first-order valence-corrected chi connectivity index (χ1v) is 7.02. The Morgan fingerprint density at radius 3 is 2.16 bits per heavy atom. The van der Waals surface area contributed by atoms with E-state index in [4.69, 9.17) is 0 Å². The van der Waals surface area contributed by atoms with Gasteiger partial charge in [0.1, 0.15) is 6.61 Å². The fourth-order valence-electron chi connectivity index (χ4n) is 1.22. The molecule has 1 aromatic rings. The SMILES string of the molecule is C/C(=C\S(F)(F)(F)(F)F)C(=O)OCc1ccccc1. The molecular weight excluding hydrogens is 291 g/mol. The van der Waals surface area contributed by atoms with E-state index in [0.29, 0.717) is 12.5 Å². The van der Waals surface area contributed by atoms with Gasteiger partial charge in [0.05, 0.1) is 5.41 Å². The van der Waals surface area contributed by atoms with Crippen LogP contribution in [0.25, 0.3) is 0 Å². The lowest BCUT2D eigenvalue weighted by molar-refractivity contribution is -0.140. The molecule has 1 aromatic carbocycles. The number of esters is 1. The van der Waals surface area contributed by atoms with E-state index in [0.717, 1.165) is 0 Å². The van der Waals surface area contributed by atoms with Gasteiger partial charge in [0, 0.05) is 5.57 Å². The van der Waals surface area contributed by atoms with E-state index >= 15 is 0 Å². The molecule has 0 radical (unpaired) electrons. The van der Waals surface area contributed by atoms with Crippen molar-refractivity contribution in [2.75, 3.05) is 0 Å². The summed E-state index contributed by atoms with van der Waals surface area (Å²) in [5.41, 5.74) is -0.647. The summed E-state index contributed by atoms with van der Waals surface area (Å²) in [5, 5.41) is -1.24. The number of hydrogen-bond donors (Lipinski definition) is 0. The molecule has 0 fully saturated rings. The molecule has 0 aliphatic rings. The van der Waals surface area contributed by atoms with Crippen LogP contribution in [-0.4, -0.2) is 5.97 Å². The number of hydrogen-bond acceptors (Lipinski definition) is 2. The highest BCUT2D eigenvalue weighted by molar-refractivity contribution is 8.48. The molecule has 19 heavy (non-hydrogen) atoms. The zero-order valence-corrected chi connectivity index (χ0v) is 10.6. The highest BCUT2D eigenvalue weighted by Crippen LogP contribution is 2.99. The van der Waals surface area contributed by atoms with Crippen molar-refractivity contribution in [3.8, 4) is 0 Å². The highest BCUT2D eigenvalue weighted by atomic mass is 32.5. The van der Waals surface area contributed by atoms with Crippen molar-refractivity contribution in [3.63, 3.8) is 0 Å². The third-order valence-corrected chi connectivity index (χ3v) is 2.73. The predicted molar refractivity (Wildman–Crippen MR) is 63.1 cm³/mol. The fraction of sp³-hybridized carbons (Fsp3) is 0.182. The summed E-state index contributed by atoms with van der Waals surface area (Å²) in [6.45, 7) is 0.344. The lowest BCUT2D eigenvalue weighted by atomic mass is 10.2. The molecule has 0 aliphatic heterocycles. The van der Waals surface area contributed by atoms with Gasteiger partial charge in [-0.25, -0.2) is 4.79 Å². The first-order chi connectivity index (χ1) is 8.36. The van der Waals surface area contributed by atoms with Crippen LogP contribution in [0.2, 0.25) is 0 Å². The molecule has 0 atom stereocenters. The molecule has 8 heteroatoms. The van der Waals surface area contributed by atoms with E-state index in [9.17, 15) is 24.2 Å². The third-order valence-electron chi connectivity index (χ3n) is 1.93. The van der Waals surface area contributed by atoms with Gasteiger partial charge in [0.2, 0.25) is 0 Å². The first-order valence-electron chi connectivity index (χ1n) is 5.01. The molecule has 0 unspecified atom stereocenters. The Kier molecular flexibility index (Phi) is 3.44. The average molecular weight is 302 g/mol. The Bertz CT molecular complexity index is 506. The van der Waals surface area contributed by atoms with Crippen molar-refractivity contribution in [1.82, 2.24) is 0 Å². The van der Waals surface area contributed by atoms with Crippen LogP contribution in [0, 0.1) is 0 Å². The molecule has 0 saturated heterocycles. The van der Waals surface area contributed by atoms with E-state index in [1.807, 2.05) is 0 Å². The normalized spacial score (nSPS) is 16.4. The van der Waals surface area contributed by atoms with Crippen LogP contribution >= 0.6 is 10.2 Å². The second-order valence-electron chi connectivity index (χ2n) is 3.89. The molecular formula is C11H11F5O2S. The van der Waals surface area contributed by atoms with Crippen LogP contribution in [0.15, 0.2) is 41.3 Å². The van der Waals surface area contributed by atoms with Gasteiger partial charge in [-0.05, 0) is 12.5 Å². The maximum atomic E-state index is 12.1.